The molecule has 2 N–H and O–H groups in total. The third kappa shape index (κ3) is 2.44. The van der Waals surface area contributed by atoms with Crippen LogP contribution in [0.25, 0.3) is 0 Å². The standard InChI is InChI=1S/C10H6F3N3O/c11-5-1-7(13)9(14)8(2-5)17-10-15-3-6(12)4-16-10/h1-4H,14H2. The van der Waals surface area contributed by atoms with Gasteiger partial charge < -0.3 is 10.5 Å². The zero-order valence-corrected chi connectivity index (χ0v) is 8.32. The fourth-order valence-electron chi connectivity index (χ4n) is 1.10. The Hall–Kier alpha value is -2.31. The number of hydrogen-bond donors (Lipinski definition) is 1. The first kappa shape index (κ1) is 11.2. The summed E-state index contributed by atoms with van der Waals surface area (Å²) in [6, 6.07) is 1.24. The van der Waals surface area contributed by atoms with E-state index in [1.807, 2.05) is 0 Å². The Balaban J connectivity index is 2.32. The third-order valence-corrected chi connectivity index (χ3v) is 1.85. The molecule has 0 amide bonds. The molecule has 2 aromatic rings. The summed E-state index contributed by atoms with van der Waals surface area (Å²) in [5.41, 5.74) is 4.96. The van der Waals surface area contributed by atoms with E-state index in [0.29, 0.717) is 6.07 Å². The summed E-state index contributed by atoms with van der Waals surface area (Å²) in [4.78, 5) is 6.93. The highest BCUT2D eigenvalue weighted by Gasteiger charge is 2.11. The molecule has 0 aliphatic heterocycles. The largest absolute Gasteiger partial charge is 0.422 e. The average molecular weight is 241 g/mol. The Labute approximate surface area is 93.9 Å². The first-order valence-corrected chi connectivity index (χ1v) is 4.46. The van der Waals surface area contributed by atoms with Crippen LogP contribution in [0.3, 0.4) is 0 Å². The maximum absolute atomic E-state index is 13.1. The summed E-state index contributed by atoms with van der Waals surface area (Å²) in [6.07, 6.45) is 1.71. The Morgan fingerprint density at radius 2 is 1.65 bits per heavy atom. The van der Waals surface area contributed by atoms with Gasteiger partial charge in [0.2, 0.25) is 0 Å². The predicted octanol–water partition coefficient (Wildman–Crippen LogP) is 2.27. The molecule has 88 valence electrons. The van der Waals surface area contributed by atoms with E-state index >= 15 is 0 Å². The van der Waals surface area contributed by atoms with Crippen LogP contribution < -0.4 is 10.5 Å². The second kappa shape index (κ2) is 4.28. The van der Waals surface area contributed by atoms with Gasteiger partial charge in [-0.1, -0.05) is 0 Å². The van der Waals surface area contributed by atoms with Crippen molar-refractivity contribution in [2.75, 3.05) is 5.73 Å². The lowest BCUT2D eigenvalue weighted by Crippen LogP contribution is -1.99. The molecule has 0 bridgehead atoms. The number of nitrogens with two attached hydrogens (primary N) is 1. The highest BCUT2D eigenvalue weighted by molar-refractivity contribution is 5.54. The molecule has 0 fully saturated rings. The van der Waals surface area contributed by atoms with Crippen LogP contribution in [0.1, 0.15) is 0 Å². The normalized spacial score (nSPS) is 10.3. The molecule has 0 radical (unpaired) electrons. The molecule has 2 rings (SSSR count). The minimum Gasteiger partial charge on any atom is -0.422 e. The van der Waals surface area contributed by atoms with Crippen molar-refractivity contribution in [3.63, 3.8) is 0 Å². The molecule has 0 aliphatic carbocycles. The molecule has 7 heteroatoms. The van der Waals surface area contributed by atoms with Gasteiger partial charge in [-0.05, 0) is 0 Å². The van der Waals surface area contributed by atoms with E-state index in [4.69, 9.17) is 10.5 Å². The summed E-state index contributed by atoms with van der Waals surface area (Å²) < 4.78 is 43.4. The van der Waals surface area contributed by atoms with Crippen molar-refractivity contribution < 1.29 is 17.9 Å². The SMILES string of the molecule is Nc1c(F)cc(F)cc1Oc1ncc(F)cn1. The molecule has 17 heavy (non-hydrogen) atoms. The van der Waals surface area contributed by atoms with E-state index in [1.165, 1.54) is 0 Å². The lowest BCUT2D eigenvalue weighted by Gasteiger charge is -2.07. The quantitative estimate of drug-likeness (QED) is 0.819. The molecular formula is C10H6F3N3O. The third-order valence-electron chi connectivity index (χ3n) is 1.85. The molecule has 0 saturated heterocycles. The molecular weight excluding hydrogens is 235 g/mol. The van der Waals surface area contributed by atoms with E-state index in [0.717, 1.165) is 18.5 Å². The van der Waals surface area contributed by atoms with Gasteiger partial charge in [-0.2, -0.15) is 0 Å². The van der Waals surface area contributed by atoms with Gasteiger partial charge in [-0.15, -0.1) is 0 Å². The fraction of sp³-hybridized carbons (Fsp3) is 0. The minimum absolute atomic E-state index is 0.261. The van der Waals surface area contributed by atoms with Crippen molar-refractivity contribution in [1.82, 2.24) is 9.97 Å². The molecule has 1 aromatic carbocycles. The first-order chi connectivity index (χ1) is 8.06. The summed E-state index contributed by atoms with van der Waals surface area (Å²) in [5.74, 6) is -2.74. The van der Waals surface area contributed by atoms with Crippen LogP contribution in [0.5, 0.6) is 11.8 Å². The smallest absolute Gasteiger partial charge is 0.322 e. The van der Waals surface area contributed by atoms with Crippen LogP contribution in [-0.4, -0.2) is 9.97 Å². The van der Waals surface area contributed by atoms with Gasteiger partial charge in [0.15, 0.2) is 17.4 Å². The lowest BCUT2D eigenvalue weighted by atomic mass is 10.3. The number of anilines is 1. The van der Waals surface area contributed by atoms with Gasteiger partial charge in [0.05, 0.1) is 12.4 Å². The van der Waals surface area contributed by atoms with Crippen LogP contribution in [0, 0.1) is 17.5 Å². The molecule has 4 nitrogen and oxygen atoms in total. The van der Waals surface area contributed by atoms with E-state index in [-0.39, 0.29) is 17.4 Å². The summed E-state index contributed by atoms with van der Waals surface area (Å²) in [5, 5.41) is 0. The summed E-state index contributed by atoms with van der Waals surface area (Å²) >= 11 is 0. The first-order valence-electron chi connectivity index (χ1n) is 4.46. The highest BCUT2D eigenvalue weighted by atomic mass is 19.1. The molecule has 0 spiro atoms. The monoisotopic (exact) mass is 241 g/mol. The van der Waals surface area contributed by atoms with E-state index in [2.05, 4.69) is 9.97 Å². The van der Waals surface area contributed by atoms with E-state index in [1.54, 1.807) is 0 Å². The Bertz CT molecular complexity index is 545. The number of benzene rings is 1. The van der Waals surface area contributed by atoms with Crippen LogP contribution in [0.4, 0.5) is 18.9 Å². The van der Waals surface area contributed by atoms with Crippen LogP contribution in [0.2, 0.25) is 0 Å². The van der Waals surface area contributed by atoms with Gasteiger partial charge >= 0.3 is 6.01 Å². The molecule has 1 aromatic heterocycles. The van der Waals surface area contributed by atoms with E-state index < -0.39 is 17.5 Å². The van der Waals surface area contributed by atoms with E-state index in [9.17, 15) is 13.2 Å². The van der Waals surface area contributed by atoms with Gasteiger partial charge in [0, 0.05) is 12.1 Å². The fourth-order valence-corrected chi connectivity index (χ4v) is 1.10. The maximum atomic E-state index is 13.1. The number of hydrogen-bond acceptors (Lipinski definition) is 4. The average Bonchev–Trinajstić information content (AvgIpc) is 2.28. The Morgan fingerprint density at radius 1 is 1.00 bits per heavy atom. The number of ether oxygens (including phenoxy) is 1. The summed E-state index contributed by atoms with van der Waals surface area (Å²) in [6.45, 7) is 0. The Kier molecular flexibility index (Phi) is 2.82. The number of rotatable bonds is 2. The lowest BCUT2D eigenvalue weighted by molar-refractivity contribution is 0.430. The highest BCUT2D eigenvalue weighted by Crippen LogP contribution is 2.28. The van der Waals surface area contributed by atoms with Crippen molar-refractivity contribution >= 4 is 5.69 Å². The predicted molar refractivity (Wildman–Crippen MR) is 52.8 cm³/mol. The molecule has 0 atom stereocenters. The zero-order chi connectivity index (χ0) is 12.4. The molecule has 0 unspecified atom stereocenters. The number of aromatic nitrogens is 2. The van der Waals surface area contributed by atoms with Crippen molar-refractivity contribution in [1.29, 1.82) is 0 Å². The topological polar surface area (TPSA) is 61.0 Å². The Morgan fingerprint density at radius 3 is 2.29 bits per heavy atom. The second-order valence-corrected chi connectivity index (χ2v) is 3.09. The molecule has 0 saturated carbocycles. The van der Waals surface area contributed by atoms with Crippen molar-refractivity contribution in [2.45, 2.75) is 0 Å². The van der Waals surface area contributed by atoms with Gasteiger partial charge in [-0.3, -0.25) is 0 Å². The van der Waals surface area contributed by atoms with Gasteiger partial charge in [-0.25, -0.2) is 23.1 Å². The van der Waals surface area contributed by atoms with Gasteiger partial charge in [0.1, 0.15) is 11.5 Å². The van der Waals surface area contributed by atoms with Gasteiger partial charge in [0.25, 0.3) is 0 Å². The maximum Gasteiger partial charge on any atom is 0.322 e. The number of halogens is 3. The van der Waals surface area contributed by atoms with Crippen molar-refractivity contribution in [3.05, 3.63) is 42.0 Å². The minimum atomic E-state index is -0.956. The van der Waals surface area contributed by atoms with Crippen LogP contribution >= 0.6 is 0 Å². The second-order valence-electron chi connectivity index (χ2n) is 3.09. The zero-order valence-electron chi connectivity index (χ0n) is 8.32. The summed E-state index contributed by atoms with van der Waals surface area (Å²) in [7, 11) is 0. The van der Waals surface area contributed by atoms with Crippen LogP contribution in [-0.2, 0) is 0 Å². The van der Waals surface area contributed by atoms with Crippen molar-refractivity contribution in [2.24, 2.45) is 0 Å². The molecule has 1 heterocycles. The number of nitrogen functional groups attached to an aromatic ring is 1. The number of nitrogens with zero attached hydrogens (tertiary/aromatic N) is 2. The van der Waals surface area contributed by atoms with Crippen molar-refractivity contribution in [3.8, 4) is 11.8 Å². The van der Waals surface area contributed by atoms with Crippen LogP contribution in [0.15, 0.2) is 24.5 Å². The molecule has 0 aliphatic rings.